The SMILES string of the molecule is COCCCCNc1c(Cl)cc(Cl)c2c1N=S=N2. The molecule has 4 nitrogen and oxygen atoms in total. The normalized spacial score (nSPS) is 12.4. The van der Waals surface area contributed by atoms with E-state index in [9.17, 15) is 0 Å². The monoisotopic (exact) mass is 305 g/mol. The highest BCUT2D eigenvalue weighted by molar-refractivity contribution is 7.58. The van der Waals surface area contributed by atoms with Crippen LogP contribution in [0.3, 0.4) is 0 Å². The van der Waals surface area contributed by atoms with Crippen molar-refractivity contribution in [1.29, 1.82) is 0 Å². The highest BCUT2D eigenvalue weighted by Crippen LogP contribution is 2.47. The fourth-order valence-electron chi connectivity index (χ4n) is 1.63. The Hall–Kier alpha value is -0.620. The third-order valence-corrected chi connectivity index (χ3v) is 3.64. The molecule has 0 saturated carbocycles. The van der Waals surface area contributed by atoms with Gasteiger partial charge in [-0.15, -0.1) is 0 Å². The summed E-state index contributed by atoms with van der Waals surface area (Å²) in [5.41, 5.74) is 2.25. The van der Waals surface area contributed by atoms with E-state index in [-0.39, 0.29) is 0 Å². The van der Waals surface area contributed by atoms with Crippen LogP contribution in [-0.4, -0.2) is 20.3 Å². The molecule has 0 saturated heterocycles. The lowest BCUT2D eigenvalue weighted by atomic mass is 10.2. The summed E-state index contributed by atoms with van der Waals surface area (Å²) in [4.78, 5) is 0. The Bertz CT molecular complexity index is 516. The maximum Gasteiger partial charge on any atom is 0.130 e. The van der Waals surface area contributed by atoms with E-state index in [1.807, 2.05) is 0 Å². The zero-order valence-electron chi connectivity index (χ0n) is 9.87. The molecule has 98 valence electrons. The van der Waals surface area contributed by atoms with E-state index < -0.39 is 0 Å². The summed E-state index contributed by atoms with van der Waals surface area (Å²) >= 11 is 13.4. The molecule has 0 aliphatic carbocycles. The first-order chi connectivity index (χ1) is 8.74. The van der Waals surface area contributed by atoms with Gasteiger partial charge < -0.3 is 10.1 Å². The van der Waals surface area contributed by atoms with E-state index in [1.54, 1.807) is 13.2 Å². The van der Waals surface area contributed by atoms with Gasteiger partial charge in [-0.05, 0) is 18.9 Å². The number of hydrogen-bond acceptors (Lipinski definition) is 4. The predicted molar refractivity (Wildman–Crippen MR) is 77.6 cm³/mol. The van der Waals surface area contributed by atoms with Gasteiger partial charge in [0.2, 0.25) is 0 Å². The highest BCUT2D eigenvalue weighted by Gasteiger charge is 2.18. The Labute approximate surface area is 120 Å². The van der Waals surface area contributed by atoms with Crippen molar-refractivity contribution in [3.8, 4) is 0 Å². The molecule has 0 bridgehead atoms. The van der Waals surface area contributed by atoms with E-state index in [0.717, 1.165) is 48.7 Å². The van der Waals surface area contributed by atoms with Crippen LogP contribution in [0.1, 0.15) is 12.8 Å². The average Bonchev–Trinajstić information content (AvgIpc) is 2.82. The summed E-state index contributed by atoms with van der Waals surface area (Å²) in [7, 11) is 1.70. The number of anilines is 1. The van der Waals surface area contributed by atoms with Crippen LogP contribution in [0.5, 0.6) is 0 Å². The fraction of sp³-hybridized carbons (Fsp3) is 0.455. The van der Waals surface area contributed by atoms with Gasteiger partial charge >= 0.3 is 0 Å². The Balaban J connectivity index is 2.05. The molecule has 0 radical (unpaired) electrons. The largest absolute Gasteiger partial charge is 0.385 e. The molecule has 1 aliphatic heterocycles. The number of unbranched alkanes of at least 4 members (excludes halogenated alkanes) is 1. The third kappa shape index (κ3) is 3.03. The minimum atomic E-state index is 0.536. The number of benzene rings is 1. The predicted octanol–water partition coefficient (Wildman–Crippen LogP) is 4.56. The molecule has 1 heterocycles. The first-order valence-electron chi connectivity index (χ1n) is 5.57. The second kappa shape index (κ2) is 6.52. The first-order valence-corrected chi connectivity index (χ1v) is 7.05. The zero-order chi connectivity index (χ0) is 13.0. The van der Waals surface area contributed by atoms with Crippen LogP contribution < -0.4 is 5.32 Å². The maximum absolute atomic E-state index is 6.17. The molecule has 2 rings (SSSR count). The molecular formula is C11H13Cl2N3OS. The van der Waals surface area contributed by atoms with E-state index in [2.05, 4.69) is 14.0 Å². The Morgan fingerprint density at radius 1 is 1.22 bits per heavy atom. The van der Waals surface area contributed by atoms with Crippen molar-refractivity contribution in [2.45, 2.75) is 12.8 Å². The molecule has 0 unspecified atom stereocenters. The Morgan fingerprint density at radius 2 is 2.00 bits per heavy atom. The molecular weight excluding hydrogens is 293 g/mol. The summed E-state index contributed by atoms with van der Waals surface area (Å²) in [5, 5.41) is 4.40. The number of nitrogens with zero attached hydrogens (tertiary/aromatic N) is 2. The molecule has 0 fully saturated rings. The highest BCUT2D eigenvalue weighted by atomic mass is 35.5. The van der Waals surface area contributed by atoms with Gasteiger partial charge in [-0.3, -0.25) is 0 Å². The number of rotatable bonds is 6. The maximum atomic E-state index is 6.17. The smallest absolute Gasteiger partial charge is 0.130 e. The van der Waals surface area contributed by atoms with Gasteiger partial charge in [0, 0.05) is 20.3 Å². The Kier molecular flexibility index (Phi) is 5.00. The summed E-state index contributed by atoms with van der Waals surface area (Å²) in [6, 6.07) is 1.70. The van der Waals surface area contributed by atoms with E-state index in [1.165, 1.54) is 0 Å². The average molecular weight is 306 g/mol. The molecule has 0 atom stereocenters. The number of halogens is 2. The van der Waals surface area contributed by atoms with Crippen molar-refractivity contribution in [2.24, 2.45) is 8.73 Å². The Morgan fingerprint density at radius 3 is 2.78 bits per heavy atom. The molecule has 1 N–H and O–H groups in total. The summed E-state index contributed by atoms with van der Waals surface area (Å²) < 4.78 is 13.4. The van der Waals surface area contributed by atoms with Crippen LogP contribution in [0, 0.1) is 0 Å². The molecule has 18 heavy (non-hydrogen) atoms. The first kappa shape index (κ1) is 13.8. The van der Waals surface area contributed by atoms with Gasteiger partial charge in [-0.1, -0.05) is 23.2 Å². The minimum Gasteiger partial charge on any atom is -0.385 e. The lowest BCUT2D eigenvalue weighted by Gasteiger charge is -2.11. The zero-order valence-corrected chi connectivity index (χ0v) is 12.2. The fourth-order valence-corrected chi connectivity index (χ4v) is 2.81. The molecule has 7 heteroatoms. The van der Waals surface area contributed by atoms with Crippen molar-refractivity contribution in [1.82, 2.24) is 0 Å². The molecule has 0 spiro atoms. The minimum absolute atomic E-state index is 0.536. The number of hydrogen-bond donors (Lipinski definition) is 1. The van der Waals surface area contributed by atoms with Crippen molar-refractivity contribution < 1.29 is 4.74 Å². The quantitative estimate of drug-likeness (QED) is 0.795. The lowest BCUT2D eigenvalue weighted by molar-refractivity contribution is 0.194. The number of nitrogens with one attached hydrogen (secondary N) is 1. The number of fused-ring (bicyclic) bond motifs is 1. The number of ether oxygens (including phenoxy) is 1. The van der Waals surface area contributed by atoms with Gasteiger partial charge in [-0.2, -0.15) is 8.73 Å². The molecule has 1 aromatic rings. The van der Waals surface area contributed by atoms with Gasteiger partial charge in [0.05, 0.1) is 27.1 Å². The lowest BCUT2D eigenvalue weighted by Crippen LogP contribution is -2.03. The summed E-state index contributed by atoms with van der Waals surface area (Å²) in [6.07, 6.45) is 2.01. The van der Waals surface area contributed by atoms with Gasteiger partial charge in [0.1, 0.15) is 11.4 Å². The number of methoxy groups -OCH3 is 1. The van der Waals surface area contributed by atoms with Crippen LogP contribution in [0.2, 0.25) is 10.0 Å². The van der Waals surface area contributed by atoms with Gasteiger partial charge in [0.15, 0.2) is 0 Å². The summed E-state index contributed by atoms with van der Waals surface area (Å²) in [5.74, 6) is 0. The van der Waals surface area contributed by atoms with Gasteiger partial charge in [0.25, 0.3) is 0 Å². The van der Waals surface area contributed by atoms with Crippen LogP contribution in [-0.2, 0) is 16.1 Å². The van der Waals surface area contributed by atoms with Crippen LogP contribution in [0.4, 0.5) is 17.1 Å². The molecule has 1 aliphatic rings. The van der Waals surface area contributed by atoms with Crippen molar-refractivity contribution in [3.63, 3.8) is 0 Å². The second-order valence-corrected chi connectivity index (χ2v) is 5.15. The van der Waals surface area contributed by atoms with Crippen LogP contribution in [0.25, 0.3) is 0 Å². The molecule has 0 aromatic heterocycles. The topological polar surface area (TPSA) is 46.0 Å². The standard InChI is InChI=1S/C11H13Cl2N3OS/c1-17-5-3-2-4-14-9-7(12)6-8(13)10-11(9)16-18-15-10/h6,14H,2-5H2,1H3. The van der Waals surface area contributed by atoms with Crippen LogP contribution in [0.15, 0.2) is 14.8 Å². The summed E-state index contributed by atoms with van der Waals surface area (Å²) in [6.45, 7) is 1.58. The van der Waals surface area contributed by atoms with Crippen molar-refractivity contribution in [2.75, 3.05) is 25.6 Å². The second-order valence-electron chi connectivity index (χ2n) is 3.80. The van der Waals surface area contributed by atoms with Crippen molar-refractivity contribution in [3.05, 3.63) is 16.1 Å². The molecule has 0 amide bonds. The van der Waals surface area contributed by atoms with Crippen molar-refractivity contribution >= 4 is 51.6 Å². The van der Waals surface area contributed by atoms with E-state index in [0.29, 0.717) is 15.7 Å². The van der Waals surface area contributed by atoms with E-state index in [4.69, 9.17) is 27.9 Å². The third-order valence-electron chi connectivity index (χ3n) is 2.52. The van der Waals surface area contributed by atoms with Gasteiger partial charge in [-0.25, -0.2) is 0 Å². The molecule has 1 aromatic carbocycles. The van der Waals surface area contributed by atoms with Crippen LogP contribution >= 0.6 is 23.2 Å². The van der Waals surface area contributed by atoms with E-state index >= 15 is 0 Å².